The average molecular weight is 262 g/mol. The summed E-state index contributed by atoms with van der Waals surface area (Å²) in [5, 5.41) is 12.9. The predicted molar refractivity (Wildman–Crippen MR) is 65.7 cm³/mol. The molecule has 2 aromatic rings. The number of rotatable bonds is 2. The first-order chi connectivity index (χ1) is 9.24. The molecular formula is C12H14N4O3. The summed E-state index contributed by atoms with van der Waals surface area (Å²) in [7, 11) is 0. The Morgan fingerprint density at radius 2 is 2.47 bits per heavy atom. The largest absolute Gasteiger partial charge is 0.465 e. The van der Waals surface area contributed by atoms with Gasteiger partial charge < -0.3 is 19.5 Å². The van der Waals surface area contributed by atoms with Gasteiger partial charge in [0.25, 0.3) is 0 Å². The number of nitrogens with zero attached hydrogens (tertiary/aromatic N) is 3. The zero-order chi connectivity index (χ0) is 13.2. The van der Waals surface area contributed by atoms with Crippen LogP contribution in [0.5, 0.6) is 0 Å². The van der Waals surface area contributed by atoms with E-state index in [2.05, 4.69) is 15.1 Å². The summed E-state index contributed by atoms with van der Waals surface area (Å²) in [5.74, 6) is 1.00. The van der Waals surface area contributed by atoms with Crippen molar-refractivity contribution in [3.63, 3.8) is 0 Å². The fourth-order valence-corrected chi connectivity index (χ4v) is 2.33. The first kappa shape index (κ1) is 11.8. The normalized spacial score (nSPS) is 19.6. The Morgan fingerprint density at radius 3 is 3.21 bits per heavy atom. The van der Waals surface area contributed by atoms with Gasteiger partial charge in [-0.25, -0.2) is 4.79 Å². The van der Waals surface area contributed by atoms with Crippen LogP contribution in [0.3, 0.4) is 0 Å². The van der Waals surface area contributed by atoms with Gasteiger partial charge in [0.2, 0.25) is 11.7 Å². The highest BCUT2D eigenvalue weighted by Gasteiger charge is 2.28. The van der Waals surface area contributed by atoms with E-state index in [4.69, 9.17) is 9.63 Å². The number of hydrogen-bond donors (Lipinski definition) is 2. The highest BCUT2D eigenvalue weighted by atomic mass is 16.5. The lowest BCUT2D eigenvalue weighted by molar-refractivity contribution is 0.126. The summed E-state index contributed by atoms with van der Waals surface area (Å²) in [4.78, 5) is 19.7. The molecule has 1 fully saturated rings. The van der Waals surface area contributed by atoms with Crippen LogP contribution in [0.15, 0.2) is 22.9 Å². The molecule has 0 radical (unpaired) electrons. The van der Waals surface area contributed by atoms with Gasteiger partial charge in [0.05, 0.1) is 11.6 Å². The number of aromatic nitrogens is 3. The van der Waals surface area contributed by atoms with Gasteiger partial charge in [-0.2, -0.15) is 4.98 Å². The SMILES string of the molecule is O=C(O)N1CCC[C@H](c2nc(-c3ccc[nH]3)no2)C1. The number of nitrogens with one attached hydrogen (secondary N) is 1. The molecule has 7 nitrogen and oxygen atoms in total. The number of piperidine rings is 1. The van der Waals surface area contributed by atoms with Gasteiger partial charge >= 0.3 is 6.09 Å². The summed E-state index contributed by atoms with van der Waals surface area (Å²) in [5.41, 5.74) is 0.793. The standard InChI is InChI=1S/C12H14N4O3/c17-12(18)16-6-2-3-8(7-16)11-14-10(15-19-11)9-4-1-5-13-9/h1,4-5,8,13H,2-3,6-7H2,(H,17,18)/t8-/m0/s1. The Morgan fingerprint density at radius 1 is 1.58 bits per heavy atom. The van der Waals surface area contributed by atoms with Crippen molar-refractivity contribution in [3.8, 4) is 11.5 Å². The molecule has 1 amide bonds. The van der Waals surface area contributed by atoms with E-state index >= 15 is 0 Å². The van der Waals surface area contributed by atoms with Crippen molar-refractivity contribution in [1.82, 2.24) is 20.0 Å². The number of H-pyrrole nitrogens is 1. The number of amides is 1. The monoisotopic (exact) mass is 262 g/mol. The summed E-state index contributed by atoms with van der Waals surface area (Å²) in [6.45, 7) is 0.991. The third-order valence-electron chi connectivity index (χ3n) is 3.32. The van der Waals surface area contributed by atoms with Crippen molar-refractivity contribution >= 4 is 6.09 Å². The zero-order valence-corrected chi connectivity index (χ0v) is 10.2. The van der Waals surface area contributed by atoms with E-state index in [0.29, 0.717) is 24.8 Å². The van der Waals surface area contributed by atoms with Gasteiger partial charge in [0, 0.05) is 19.3 Å². The molecule has 1 atom stereocenters. The highest BCUT2D eigenvalue weighted by molar-refractivity contribution is 5.65. The third-order valence-corrected chi connectivity index (χ3v) is 3.32. The van der Waals surface area contributed by atoms with Crippen molar-refractivity contribution in [2.24, 2.45) is 0 Å². The molecule has 2 N–H and O–H groups in total. The van der Waals surface area contributed by atoms with Crippen LogP contribution in [0.4, 0.5) is 4.79 Å². The Kier molecular flexibility index (Phi) is 2.94. The second-order valence-corrected chi connectivity index (χ2v) is 4.61. The molecule has 3 heterocycles. The summed E-state index contributed by atoms with van der Waals surface area (Å²) >= 11 is 0. The summed E-state index contributed by atoms with van der Waals surface area (Å²) < 4.78 is 5.26. The van der Waals surface area contributed by atoms with Crippen LogP contribution < -0.4 is 0 Å². The van der Waals surface area contributed by atoms with Gasteiger partial charge in [-0.3, -0.25) is 0 Å². The van der Waals surface area contributed by atoms with Crippen LogP contribution in [-0.4, -0.2) is 44.3 Å². The van der Waals surface area contributed by atoms with E-state index < -0.39 is 6.09 Å². The Labute approximate surface area is 109 Å². The van der Waals surface area contributed by atoms with Gasteiger partial charge in [0.1, 0.15) is 0 Å². The fourth-order valence-electron chi connectivity index (χ4n) is 2.33. The van der Waals surface area contributed by atoms with E-state index in [1.165, 1.54) is 4.90 Å². The van der Waals surface area contributed by atoms with Crippen LogP contribution in [0, 0.1) is 0 Å². The maximum Gasteiger partial charge on any atom is 0.407 e. The molecular weight excluding hydrogens is 248 g/mol. The van der Waals surface area contributed by atoms with Crippen LogP contribution in [-0.2, 0) is 0 Å². The van der Waals surface area contributed by atoms with Crippen LogP contribution in [0.2, 0.25) is 0 Å². The Hall–Kier alpha value is -2.31. The molecule has 1 aliphatic heterocycles. The van der Waals surface area contributed by atoms with Gasteiger partial charge in [-0.15, -0.1) is 0 Å². The summed E-state index contributed by atoms with van der Waals surface area (Å²) in [6.07, 6.45) is 2.58. The van der Waals surface area contributed by atoms with Crippen molar-refractivity contribution in [2.45, 2.75) is 18.8 Å². The minimum Gasteiger partial charge on any atom is -0.465 e. The number of likely N-dealkylation sites (tertiary alicyclic amines) is 1. The van der Waals surface area contributed by atoms with Gasteiger partial charge in [-0.1, -0.05) is 5.16 Å². The molecule has 0 spiro atoms. The van der Waals surface area contributed by atoms with Crippen LogP contribution in [0.1, 0.15) is 24.7 Å². The molecule has 100 valence electrons. The third kappa shape index (κ3) is 2.31. The number of carbonyl (C=O) groups is 1. The molecule has 0 aromatic carbocycles. The molecule has 19 heavy (non-hydrogen) atoms. The molecule has 2 aromatic heterocycles. The minimum atomic E-state index is -0.895. The van der Waals surface area contributed by atoms with Crippen LogP contribution in [0.25, 0.3) is 11.5 Å². The second-order valence-electron chi connectivity index (χ2n) is 4.61. The molecule has 7 heteroatoms. The molecule has 0 aliphatic carbocycles. The molecule has 0 saturated carbocycles. The van der Waals surface area contributed by atoms with Crippen molar-refractivity contribution in [2.75, 3.05) is 13.1 Å². The predicted octanol–water partition coefficient (Wildman–Crippen LogP) is 1.92. The van der Waals surface area contributed by atoms with Gasteiger partial charge in [-0.05, 0) is 25.0 Å². The topological polar surface area (TPSA) is 95.2 Å². The van der Waals surface area contributed by atoms with E-state index in [1.54, 1.807) is 6.20 Å². The lowest BCUT2D eigenvalue weighted by Gasteiger charge is -2.28. The highest BCUT2D eigenvalue weighted by Crippen LogP contribution is 2.27. The molecule has 1 saturated heterocycles. The van der Waals surface area contributed by atoms with Crippen molar-refractivity contribution < 1.29 is 14.4 Å². The summed E-state index contributed by atoms with van der Waals surface area (Å²) in [6, 6.07) is 3.72. The van der Waals surface area contributed by atoms with Crippen molar-refractivity contribution in [3.05, 3.63) is 24.2 Å². The van der Waals surface area contributed by atoms with Gasteiger partial charge in [0.15, 0.2) is 0 Å². The van der Waals surface area contributed by atoms with E-state index in [-0.39, 0.29) is 5.92 Å². The molecule has 1 aliphatic rings. The lowest BCUT2D eigenvalue weighted by atomic mass is 9.98. The smallest absolute Gasteiger partial charge is 0.407 e. The first-order valence-corrected chi connectivity index (χ1v) is 6.19. The van der Waals surface area contributed by atoms with Crippen molar-refractivity contribution in [1.29, 1.82) is 0 Å². The van der Waals surface area contributed by atoms with E-state index in [0.717, 1.165) is 18.5 Å². The molecule has 0 unspecified atom stereocenters. The maximum atomic E-state index is 11.0. The maximum absolute atomic E-state index is 11.0. The molecule has 0 bridgehead atoms. The first-order valence-electron chi connectivity index (χ1n) is 6.19. The average Bonchev–Trinajstić information content (AvgIpc) is 3.09. The van der Waals surface area contributed by atoms with Crippen LogP contribution >= 0.6 is 0 Å². The Bertz CT molecular complexity index is 563. The lowest BCUT2D eigenvalue weighted by Crippen LogP contribution is -2.38. The zero-order valence-electron chi connectivity index (χ0n) is 10.2. The quantitative estimate of drug-likeness (QED) is 0.862. The fraction of sp³-hybridized carbons (Fsp3) is 0.417. The number of hydrogen-bond acceptors (Lipinski definition) is 4. The molecule has 3 rings (SSSR count). The minimum absolute atomic E-state index is 0.0129. The number of carboxylic acid groups (broad SMARTS) is 1. The second kappa shape index (κ2) is 4.75. The van der Waals surface area contributed by atoms with E-state index in [9.17, 15) is 4.79 Å². The Balaban J connectivity index is 1.77. The number of aromatic amines is 1. The van der Waals surface area contributed by atoms with E-state index in [1.807, 2.05) is 12.1 Å².